The Bertz CT molecular complexity index is 973. The summed E-state index contributed by atoms with van der Waals surface area (Å²) in [5, 5.41) is 3.44. The monoisotopic (exact) mass is 369 g/mol. The summed E-state index contributed by atoms with van der Waals surface area (Å²) in [6, 6.07) is 24.9. The van der Waals surface area contributed by atoms with Gasteiger partial charge in [0.1, 0.15) is 0 Å². The molecular formula is C24H23N3O. The third-order valence-corrected chi connectivity index (χ3v) is 5.96. The fourth-order valence-corrected chi connectivity index (χ4v) is 4.68. The number of aromatic nitrogens is 1. The highest BCUT2D eigenvalue weighted by Gasteiger charge is 2.57. The molecule has 2 aromatic carbocycles. The number of rotatable bonds is 6. The fraction of sp³-hybridized carbons (Fsp3) is 0.250. The summed E-state index contributed by atoms with van der Waals surface area (Å²) < 4.78 is 0. The van der Waals surface area contributed by atoms with E-state index in [9.17, 15) is 4.79 Å². The second-order valence-electron chi connectivity index (χ2n) is 7.59. The molecule has 140 valence electrons. The third kappa shape index (κ3) is 2.85. The second kappa shape index (κ2) is 7.12. The molecule has 4 heteroatoms. The van der Waals surface area contributed by atoms with Gasteiger partial charge in [0, 0.05) is 24.3 Å². The number of amides is 1. The maximum atomic E-state index is 12.9. The first-order chi connectivity index (χ1) is 13.8. The Labute approximate surface area is 165 Å². The molecule has 5 rings (SSSR count). The van der Waals surface area contributed by atoms with Crippen molar-refractivity contribution in [1.82, 2.24) is 4.98 Å². The van der Waals surface area contributed by atoms with E-state index in [1.165, 1.54) is 5.56 Å². The number of benzene rings is 2. The highest BCUT2D eigenvalue weighted by molar-refractivity contribution is 6.05. The molecule has 0 saturated carbocycles. The topological polar surface area (TPSA) is 45.2 Å². The van der Waals surface area contributed by atoms with E-state index in [0.29, 0.717) is 0 Å². The third-order valence-electron chi connectivity index (χ3n) is 5.96. The molecule has 0 aliphatic carbocycles. The van der Waals surface area contributed by atoms with Crippen LogP contribution >= 0.6 is 0 Å². The maximum Gasteiger partial charge on any atom is 0.232 e. The first kappa shape index (κ1) is 17.0. The van der Waals surface area contributed by atoms with Crippen LogP contribution in [0.5, 0.6) is 0 Å². The van der Waals surface area contributed by atoms with Crippen LogP contribution in [-0.2, 0) is 11.2 Å². The Kier molecular flexibility index (Phi) is 4.32. The van der Waals surface area contributed by atoms with Gasteiger partial charge in [0.25, 0.3) is 0 Å². The lowest BCUT2D eigenvalue weighted by molar-refractivity contribution is -0.130. The summed E-state index contributed by atoms with van der Waals surface area (Å²) in [5.41, 5.74) is 4.48. The van der Waals surface area contributed by atoms with Gasteiger partial charge in [-0.25, -0.2) is 0 Å². The number of nitrogens with one attached hydrogen (secondary N) is 1. The van der Waals surface area contributed by atoms with Gasteiger partial charge >= 0.3 is 0 Å². The zero-order valence-electron chi connectivity index (χ0n) is 15.7. The van der Waals surface area contributed by atoms with E-state index in [-0.39, 0.29) is 23.8 Å². The van der Waals surface area contributed by atoms with E-state index in [1.54, 1.807) is 0 Å². The lowest BCUT2D eigenvalue weighted by Crippen LogP contribution is -2.61. The number of para-hydroxylation sites is 1. The van der Waals surface area contributed by atoms with Crippen LogP contribution in [0.15, 0.2) is 79.0 Å². The zero-order valence-corrected chi connectivity index (χ0v) is 15.7. The zero-order chi connectivity index (χ0) is 18.9. The summed E-state index contributed by atoms with van der Waals surface area (Å²) in [7, 11) is 0. The van der Waals surface area contributed by atoms with Gasteiger partial charge in [-0.1, -0.05) is 48.5 Å². The van der Waals surface area contributed by atoms with Gasteiger partial charge in [0.2, 0.25) is 5.91 Å². The molecule has 1 N–H and O–H groups in total. The SMILES string of the molecule is O=C1C(CCNc2ccccc2)C2C(Cc3ccccc3)c3ncccc3N12. The van der Waals surface area contributed by atoms with Crippen molar-refractivity contribution >= 4 is 17.3 Å². The summed E-state index contributed by atoms with van der Waals surface area (Å²) in [6.07, 6.45) is 3.61. The average molecular weight is 369 g/mol. The summed E-state index contributed by atoms with van der Waals surface area (Å²) in [6.45, 7) is 0.798. The molecule has 3 atom stereocenters. The van der Waals surface area contributed by atoms with Crippen molar-refractivity contribution in [2.24, 2.45) is 5.92 Å². The summed E-state index contributed by atoms with van der Waals surface area (Å²) in [4.78, 5) is 19.6. The Morgan fingerprint density at radius 1 is 0.893 bits per heavy atom. The van der Waals surface area contributed by atoms with E-state index >= 15 is 0 Å². The van der Waals surface area contributed by atoms with Crippen LogP contribution in [0.2, 0.25) is 0 Å². The lowest BCUT2D eigenvalue weighted by Gasteiger charge is -2.45. The van der Waals surface area contributed by atoms with Gasteiger partial charge in [-0.15, -0.1) is 0 Å². The number of hydrogen-bond acceptors (Lipinski definition) is 3. The Balaban J connectivity index is 1.35. The lowest BCUT2D eigenvalue weighted by atomic mass is 9.77. The fourth-order valence-electron chi connectivity index (χ4n) is 4.68. The van der Waals surface area contributed by atoms with Crippen molar-refractivity contribution in [2.75, 3.05) is 16.8 Å². The van der Waals surface area contributed by atoms with Crippen LogP contribution in [0.3, 0.4) is 0 Å². The Morgan fingerprint density at radius 3 is 2.43 bits per heavy atom. The van der Waals surface area contributed by atoms with E-state index < -0.39 is 0 Å². The standard InChI is InChI=1S/C24H23N3O/c28-24-19(13-15-25-18-10-5-2-6-11-18)23-20(16-17-8-3-1-4-9-17)22-21(27(23)24)12-7-14-26-22/h1-12,14,19-20,23,25H,13,15-16H2. The molecular weight excluding hydrogens is 346 g/mol. The number of β-lactam (4-membered cyclic amide) rings is 1. The molecule has 1 fully saturated rings. The van der Waals surface area contributed by atoms with Gasteiger partial charge < -0.3 is 10.2 Å². The van der Waals surface area contributed by atoms with Crippen molar-refractivity contribution < 1.29 is 4.79 Å². The van der Waals surface area contributed by atoms with E-state index in [4.69, 9.17) is 0 Å². The van der Waals surface area contributed by atoms with Crippen LogP contribution in [-0.4, -0.2) is 23.5 Å². The van der Waals surface area contributed by atoms with Crippen molar-refractivity contribution in [2.45, 2.75) is 24.8 Å². The molecule has 2 aliphatic rings. The van der Waals surface area contributed by atoms with Crippen LogP contribution in [0.4, 0.5) is 11.4 Å². The minimum atomic E-state index is 0.0547. The van der Waals surface area contributed by atoms with E-state index in [1.807, 2.05) is 47.5 Å². The van der Waals surface area contributed by atoms with Crippen LogP contribution < -0.4 is 10.2 Å². The number of hydrogen-bond donors (Lipinski definition) is 1. The van der Waals surface area contributed by atoms with Gasteiger partial charge in [0.15, 0.2) is 0 Å². The van der Waals surface area contributed by atoms with Crippen molar-refractivity contribution in [3.63, 3.8) is 0 Å². The number of pyridine rings is 1. The second-order valence-corrected chi connectivity index (χ2v) is 7.59. The highest BCUT2D eigenvalue weighted by Crippen LogP contribution is 2.51. The Morgan fingerprint density at radius 2 is 1.64 bits per heavy atom. The summed E-state index contributed by atoms with van der Waals surface area (Å²) >= 11 is 0. The number of anilines is 2. The average Bonchev–Trinajstić information content (AvgIpc) is 3.03. The number of fused-ring (bicyclic) bond motifs is 3. The Hall–Kier alpha value is -3.14. The number of carbonyl (C=O) groups is 1. The van der Waals surface area contributed by atoms with Crippen molar-refractivity contribution in [3.05, 3.63) is 90.3 Å². The van der Waals surface area contributed by atoms with Gasteiger partial charge in [-0.05, 0) is 42.7 Å². The molecule has 28 heavy (non-hydrogen) atoms. The van der Waals surface area contributed by atoms with Crippen molar-refractivity contribution in [3.8, 4) is 0 Å². The van der Waals surface area contributed by atoms with Gasteiger partial charge in [-0.2, -0.15) is 0 Å². The van der Waals surface area contributed by atoms with Crippen LogP contribution in [0.25, 0.3) is 0 Å². The molecule has 0 bridgehead atoms. The molecule has 3 unspecified atom stereocenters. The molecule has 2 aliphatic heterocycles. The van der Waals surface area contributed by atoms with E-state index in [0.717, 1.165) is 36.5 Å². The molecule has 0 radical (unpaired) electrons. The minimum absolute atomic E-state index is 0.0547. The smallest absolute Gasteiger partial charge is 0.232 e. The van der Waals surface area contributed by atoms with Crippen LogP contribution in [0, 0.1) is 5.92 Å². The molecule has 1 saturated heterocycles. The quantitative estimate of drug-likeness (QED) is 0.661. The van der Waals surface area contributed by atoms with Crippen LogP contribution in [0.1, 0.15) is 23.6 Å². The maximum absolute atomic E-state index is 12.9. The molecule has 3 aromatic rings. The normalized spacial score (nSPS) is 22.4. The predicted molar refractivity (Wildman–Crippen MR) is 111 cm³/mol. The highest BCUT2D eigenvalue weighted by atomic mass is 16.2. The molecule has 1 amide bonds. The van der Waals surface area contributed by atoms with Crippen molar-refractivity contribution in [1.29, 1.82) is 0 Å². The van der Waals surface area contributed by atoms with Gasteiger partial charge in [0.05, 0.1) is 23.3 Å². The van der Waals surface area contributed by atoms with Gasteiger partial charge in [-0.3, -0.25) is 9.78 Å². The minimum Gasteiger partial charge on any atom is -0.385 e. The molecule has 0 spiro atoms. The molecule has 1 aromatic heterocycles. The van der Waals surface area contributed by atoms with E-state index in [2.05, 4.69) is 46.7 Å². The number of carbonyl (C=O) groups excluding carboxylic acids is 1. The number of nitrogens with zero attached hydrogens (tertiary/aromatic N) is 2. The molecule has 3 heterocycles. The first-order valence-corrected chi connectivity index (χ1v) is 9.94. The predicted octanol–water partition coefficient (Wildman–Crippen LogP) is 4.26. The first-order valence-electron chi connectivity index (χ1n) is 9.94. The largest absolute Gasteiger partial charge is 0.385 e. The molecule has 4 nitrogen and oxygen atoms in total. The summed E-state index contributed by atoms with van der Waals surface area (Å²) in [5.74, 6) is 0.557.